The lowest BCUT2D eigenvalue weighted by atomic mass is 10.1. The minimum Gasteiger partial charge on any atom is -0.481 e. The van der Waals surface area contributed by atoms with Gasteiger partial charge in [-0.1, -0.05) is 12.1 Å². The SMILES string of the molecule is COc1ccc2c(ncc3[nH]c(=O)n([C@H](C)c4ccc(S(N)(=O)=O)cc4)c32)n1. The second-order valence-corrected chi connectivity index (χ2v) is 7.90. The summed E-state index contributed by atoms with van der Waals surface area (Å²) in [6.45, 7) is 1.85. The largest absolute Gasteiger partial charge is 0.481 e. The van der Waals surface area contributed by atoms with Crippen LogP contribution in [0, 0.1) is 0 Å². The van der Waals surface area contributed by atoms with Crippen molar-refractivity contribution in [3.05, 3.63) is 58.6 Å². The molecule has 0 spiro atoms. The van der Waals surface area contributed by atoms with Gasteiger partial charge in [0.05, 0.1) is 35.3 Å². The van der Waals surface area contributed by atoms with Crippen molar-refractivity contribution >= 4 is 32.1 Å². The van der Waals surface area contributed by atoms with Crippen LogP contribution in [0.5, 0.6) is 5.88 Å². The van der Waals surface area contributed by atoms with Gasteiger partial charge in [-0.25, -0.2) is 23.3 Å². The number of fused-ring (bicyclic) bond motifs is 3. The number of nitrogens with one attached hydrogen (secondary N) is 1. The van der Waals surface area contributed by atoms with E-state index in [0.29, 0.717) is 27.9 Å². The fraction of sp³-hybridized carbons (Fsp3) is 0.167. The second-order valence-electron chi connectivity index (χ2n) is 6.34. The van der Waals surface area contributed by atoms with Crippen molar-refractivity contribution in [2.75, 3.05) is 7.11 Å². The Kier molecular flexibility index (Phi) is 4.16. The molecule has 3 N–H and O–H groups in total. The molecule has 4 rings (SSSR count). The number of H-pyrrole nitrogens is 1. The summed E-state index contributed by atoms with van der Waals surface area (Å²) in [5.74, 6) is 0.426. The molecule has 1 aromatic carbocycles. The first-order valence-corrected chi connectivity index (χ1v) is 9.91. The number of imidazole rings is 1. The third-order valence-electron chi connectivity index (χ3n) is 4.66. The van der Waals surface area contributed by atoms with E-state index in [1.54, 1.807) is 35.0 Å². The summed E-state index contributed by atoms with van der Waals surface area (Å²) < 4.78 is 29.7. The first-order chi connectivity index (χ1) is 13.3. The number of sulfonamides is 1. The molecule has 0 saturated carbocycles. The van der Waals surface area contributed by atoms with Crippen LogP contribution in [-0.4, -0.2) is 35.0 Å². The molecule has 0 amide bonds. The molecule has 0 aliphatic rings. The molecule has 144 valence electrons. The van der Waals surface area contributed by atoms with Gasteiger partial charge in [0, 0.05) is 11.5 Å². The Morgan fingerprint density at radius 1 is 1.18 bits per heavy atom. The topological polar surface area (TPSA) is 133 Å². The van der Waals surface area contributed by atoms with Gasteiger partial charge >= 0.3 is 5.69 Å². The van der Waals surface area contributed by atoms with E-state index in [1.807, 2.05) is 6.92 Å². The second kappa shape index (κ2) is 6.43. The zero-order chi connectivity index (χ0) is 20.1. The highest BCUT2D eigenvalue weighted by atomic mass is 32.2. The highest BCUT2D eigenvalue weighted by Gasteiger charge is 2.19. The van der Waals surface area contributed by atoms with Gasteiger partial charge in [0.2, 0.25) is 15.9 Å². The van der Waals surface area contributed by atoms with Crippen LogP contribution in [-0.2, 0) is 10.0 Å². The number of aromatic amines is 1. The molecule has 0 saturated heterocycles. The monoisotopic (exact) mass is 399 g/mol. The average molecular weight is 399 g/mol. The van der Waals surface area contributed by atoms with Gasteiger partial charge in [-0.05, 0) is 30.7 Å². The molecule has 28 heavy (non-hydrogen) atoms. The molecule has 9 nitrogen and oxygen atoms in total. The van der Waals surface area contributed by atoms with Crippen molar-refractivity contribution in [2.45, 2.75) is 17.9 Å². The van der Waals surface area contributed by atoms with Gasteiger partial charge in [0.1, 0.15) is 0 Å². The van der Waals surface area contributed by atoms with Crippen molar-refractivity contribution in [1.82, 2.24) is 19.5 Å². The van der Waals surface area contributed by atoms with E-state index >= 15 is 0 Å². The van der Waals surface area contributed by atoms with Gasteiger partial charge in [-0.2, -0.15) is 4.98 Å². The number of methoxy groups -OCH3 is 1. The molecule has 0 aliphatic carbocycles. The summed E-state index contributed by atoms with van der Waals surface area (Å²) in [7, 11) is -2.26. The highest BCUT2D eigenvalue weighted by molar-refractivity contribution is 7.89. The van der Waals surface area contributed by atoms with Gasteiger partial charge in [0.25, 0.3) is 0 Å². The number of hydrogen-bond donors (Lipinski definition) is 2. The normalized spacial score (nSPS) is 13.1. The number of nitrogens with zero attached hydrogens (tertiary/aromatic N) is 3. The van der Waals surface area contributed by atoms with Gasteiger partial charge in [0.15, 0.2) is 5.65 Å². The summed E-state index contributed by atoms with van der Waals surface area (Å²) in [6.07, 6.45) is 1.55. The molecule has 0 bridgehead atoms. The summed E-state index contributed by atoms with van der Waals surface area (Å²) in [5.41, 5.74) is 2.15. The van der Waals surface area contributed by atoms with Crippen LogP contribution in [0.2, 0.25) is 0 Å². The van der Waals surface area contributed by atoms with Crippen molar-refractivity contribution < 1.29 is 13.2 Å². The van der Waals surface area contributed by atoms with Crippen molar-refractivity contribution in [1.29, 1.82) is 0 Å². The van der Waals surface area contributed by atoms with E-state index in [2.05, 4.69) is 15.0 Å². The number of nitrogens with two attached hydrogens (primary N) is 1. The average Bonchev–Trinajstić information content (AvgIpc) is 3.02. The molecule has 0 radical (unpaired) electrons. The zero-order valence-electron chi connectivity index (χ0n) is 15.1. The number of primary sulfonamides is 1. The molecular weight excluding hydrogens is 382 g/mol. The number of aromatic nitrogens is 4. The maximum Gasteiger partial charge on any atom is 0.327 e. The van der Waals surface area contributed by atoms with Crippen molar-refractivity contribution in [3.63, 3.8) is 0 Å². The molecule has 3 heterocycles. The molecule has 1 atom stereocenters. The van der Waals surface area contributed by atoms with Crippen molar-refractivity contribution in [3.8, 4) is 5.88 Å². The van der Waals surface area contributed by atoms with E-state index in [4.69, 9.17) is 9.88 Å². The number of pyridine rings is 2. The van der Waals surface area contributed by atoms with Crippen LogP contribution < -0.4 is 15.6 Å². The van der Waals surface area contributed by atoms with Crippen LogP contribution in [0.4, 0.5) is 0 Å². The molecule has 0 fully saturated rings. The number of hydrogen-bond acceptors (Lipinski definition) is 6. The minimum absolute atomic E-state index is 0.0145. The Balaban J connectivity index is 1.91. The lowest BCUT2D eigenvalue weighted by Gasteiger charge is -2.15. The van der Waals surface area contributed by atoms with Gasteiger partial charge in [-0.3, -0.25) is 4.57 Å². The summed E-state index contributed by atoms with van der Waals surface area (Å²) in [6, 6.07) is 9.26. The van der Waals surface area contributed by atoms with Crippen LogP contribution in [0.1, 0.15) is 18.5 Å². The number of benzene rings is 1. The van der Waals surface area contributed by atoms with E-state index < -0.39 is 10.0 Å². The van der Waals surface area contributed by atoms with E-state index in [1.165, 1.54) is 19.2 Å². The minimum atomic E-state index is -3.78. The van der Waals surface area contributed by atoms with E-state index in [-0.39, 0.29) is 16.6 Å². The fourth-order valence-corrected chi connectivity index (χ4v) is 3.76. The first-order valence-electron chi connectivity index (χ1n) is 8.36. The third kappa shape index (κ3) is 2.92. The van der Waals surface area contributed by atoms with E-state index in [0.717, 1.165) is 5.56 Å². The van der Waals surface area contributed by atoms with Crippen LogP contribution >= 0.6 is 0 Å². The predicted octanol–water partition coefficient (Wildman–Crippen LogP) is 1.54. The van der Waals surface area contributed by atoms with Gasteiger partial charge in [-0.15, -0.1) is 0 Å². The Morgan fingerprint density at radius 3 is 2.54 bits per heavy atom. The van der Waals surface area contributed by atoms with Crippen LogP contribution in [0.25, 0.3) is 22.1 Å². The van der Waals surface area contributed by atoms with E-state index in [9.17, 15) is 13.2 Å². The zero-order valence-corrected chi connectivity index (χ0v) is 15.9. The van der Waals surface area contributed by atoms with Crippen molar-refractivity contribution in [2.24, 2.45) is 5.14 Å². The maximum atomic E-state index is 12.7. The number of rotatable bonds is 4. The maximum absolute atomic E-state index is 12.7. The lowest BCUT2D eigenvalue weighted by molar-refractivity contribution is 0.399. The molecule has 10 heteroatoms. The smallest absolute Gasteiger partial charge is 0.327 e. The Morgan fingerprint density at radius 2 is 1.89 bits per heavy atom. The molecule has 3 aromatic heterocycles. The summed E-state index contributed by atoms with van der Waals surface area (Å²) in [4.78, 5) is 24.1. The molecule has 0 unspecified atom stereocenters. The Hall–Kier alpha value is -3.24. The molecule has 0 aliphatic heterocycles. The summed E-state index contributed by atoms with van der Waals surface area (Å²) in [5, 5.41) is 5.85. The first kappa shape index (κ1) is 18.1. The standard InChI is InChI=1S/C18H17N5O4S/c1-10(11-3-5-12(6-4-11)28(19,25)26)23-16-13-7-8-15(27-2)22-17(13)20-9-14(16)21-18(23)24/h3-10H,1-2H3,(H,21,24)(H2,19,25,26)/t10-/m1/s1. The quantitative estimate of drug-likeness (QED) is 0.535. The van der Waals surface area contributed by atoms with Gasteiger partial charge < -0.3 is 9.72 Å². The predicted molar refractivity (Wildman–Crippen MR) is 104 cm³/mol. The summed E-state index contributed by atoms with van der Waals surface area (Å²) >= 11 is 0. The van der Waals surface area contributed by atoms with Crippen LogP contribution in [0.3, 0.4) is 0 Å². The Labute approximate surface area is 159 Å². The third-order valence-corrected chi connectivity index (χ3v) is 5.59. The Bertz CT molecular complexity index is 1360. The fourth-order valence-electron chi connectivity index (χ4n) is 3.24. The number of ether oxygens (including phenoxy) is 1. The molecular formula is C18H17N5O4S. The highest BCUT2D eigenvalue weighted by Crippen LogP contribution is 2.27. The lowest BCUT2D eigenvalue weighted by Crippen LogP contribution is -2.21. The van der Waals surface area contributed by atoms with Crippen LogP contribution in [0.15, 0.2) is 52.3 Å². The molecule has 4 aromatic rings.